The number of ether oxygens (including phenoxy) is 1. The van der Waals surface area contributed by atoms with E-state index in [1.165, 1.54) is 31.0 Å². The first-order valence-corrected chi connectivity index (χ1v) is 11.1. The Balaban J connectivity index is 1.32. The molecule has 6 heteroatoms. The predicted molar refractivity (Wildman–Crippen MR) is 116 cm³/mol. The fourth-order valence-corrected chi connectivity index (χ4v) is 4.63. The Hall–Kier alpha value is -2.47. The summed E-state index contributed by atoms with van der Waals surface area (Å²) >= 11 is 1.51. The maximum atomic E-state index is 12.5. The number of fused-ring (bicyclic) bond motifs is 1. The van der Waals surface area contributed by atoms with Gasteiger partial charge >= 0.3 is 0 Å². The van der Waals surface area contributed by atoms with E-state index in [2.05, 4.69) is 10.6 Å². The van der Waals surface area contributed by atoms with Crippen molar-refractivity contribution in [3.05, 3.63) is 53.6 Å². The van der Waals surface area contributed by atoms with Gasteiger partial charge < -0.3 is 15.4 Å². The molecule has 0 bridgehead atoms. The maximum Gasteiger partial charge on any atom is 0.251 e. The second-order valence-electron chi connectivity index (χ2n) is 7.66. The first-order valence-electron chi connectivity index (χ1n) is 10.2. The molecule has 29 heavy (non-hydrogen) atoms. The number of benzene rings is 2. The van der Waals surface area contributed by atoms with Gasteiger partial charge in [0.25, 0.3) is 5.91 Å². The molecule has 2 N–H and O–H groups in total. The van der Waals surface area contributed by atoms with Crippen LogP contribution in [0.3, 0.4) is 0 Å². The molecule has 0 spiro atoms. The van der Waals surface area contributed by atoms with Gasteiger partial charge in [-0.2, -0.15) is 0 Å². The van der Waals surface area contributed by atoms with Crippen molar-refractivity contribution >= 4 is 29.3 Å². The predicted octanol–water partition coefficient (Wildman–Crippen LogP) is 4.76. The van der Waals surface area contributed by atoms with E-state index in [4.69, 9.17) is 4.74 Å². The van der Waals surface area contributed by atoms with E-state index in [1.54, 1.807) is 12.1 Å². The molecule has 2 aromatic carbocycles. The van der Waals surface area contributed by atoms with Gasteiger partial charge in [-0.1, -0.05) is 18.6 Å². The zero-order valence-electron chi connectivity index (χ0n) is 16.6. The monoisotopic (exact) mass is 410 g/mol. The van der Waals surface area contributed by atoms with E-state index in [9.17, 15) is 9.59 Å². The summed E-state index contributed by atoms with van der Waals surface area (Å²) < 4.78 is 6.05. The number of thioether (sulfide) groups is 1. The van der Waals surface area contributed by atoms with Crippen molar-refractivity contribution in [2.24, 2.45) is 0 Å². The van der Waals surface area contributed by atoms with Crippen LogP contribution in [0.1, 0.15) is 54.9 Å². The van der Waals surface area contributed by atoms with Crippen LogP contribution in [0.2, 0.25) is 0 Å². The van der Waals surface area contributed by atoms with Gasteiger partial charge in [-0.15, -0.1) is 11.8 Å². The normalized spacial score (nSPS) is 19.2. The van der Waals surface area contributed by atoms with Gasteiger partial charge in [-0.25, -0.2) is 0 Å². The van der Waals surface area contributed by atoms with Gasteiger partial charge in [0, 0.05) is 17.0 Å². The fourth-order valence-electron chi connectivity index (χ4n) is 3.70. The lowest BCUT2D eigenvalue weighted by molar-refractivity contribution is -0.115. The number of anilines is 1. The van der Waals surface area contributed by atoms with Crippen LogP contribution in [0, 0.1) is 0 Å². The lowest BCUT2D eigenvalue weighted by Crippen LogP contribution is -2.27. The van der Waals surface area contributed by atoms with E-state index in [0.29, 0.717) is 23.9 Å². The Kier molecular flexibility index (Phi) is 6.09. The van der Waals surface area contributed by atoms with Crippen LogP contribution in [0.15, 0.2) is 47.4 Å². The number of hydrogen-bond donors (Lipinski definition) is 2. The van der Waals surface area contributed by atoms with Crippen molar-refractivity contribution < 1.29 is 14.3 Å². The number of nitrogens with one attached hydrogen (secondary N) is 2. The summed E-state index contributed by atoms with van der Waals surface area (Å²) in [5.41, 5.74) is 2.26. The number of rotatable bonds is 5. The van der Waals surface area contributed by atoms with Crippen LogP contribution in [-0.4, -0.2) is 23.2 Å². The van der Waals surface area contributed by atoms with Crippen LogP contribution in [0.5, 0.6) is 5.75 Å². The molecule has 0 saturated heterocycles. The zero-order chi connectivity index (χ0) is 20.2. The van der Waals surface area contributed by atoms with Gasteiger partial charge in [0.2, 0.25) is 5.91 Å². The van der Waals surface area contributed by atoms with Crippen LogP contribution in [0.25, 0.3) is 0 Å². The molecule has 0 radical (unpaired) electrons. The summed E-state index contributed by atoms with van der Waals surface area (Å²) in [4.78, 5) is 25.4. The topological polar surface area (TPSA) is 67.4 Å². The standard InChI is InChI=1S/C23H26N2O3S/c1-15-22(26)25-20-13-17(9-12-21(20)29-15)23(27)24-14-16-7-10-19(11-8-16)28-18-5-3-2-4-6-18/h7-13,15,18H,2-6,14H2,1H3,(H,24,27)(H,25,26). The summed E-state index contributed by atoms with van der Waals surface area (Å²) in [6, 6.07) is 13.4. The molecule has 1 fully saturated rings. The second-order valence-corrected chi connectivity index (χ2v) is 9.05. The highest BCUT2D eigenvalue weighted by Gasteiger charge is 2.23. The quantitative estimate of drug-likeness (QED) is 0.746. The van der Waals surface area contributed by atoms with Gasteiger partial charge in [-0.05, 0) is 68.5 Å². The molecule has 4 rings (SSSR count). The number of carbonyl (C=O) groups excluding carboxylic acids is 2. The molecule has 2 aliphatic rings. The molecule has 1 unspecified atom stereocenters. The molecule has 2 amide bonds. The maximum absolute atomic E-state index is 12.5. The minimum absolute atomic E-state index is 0.0319. The molecule has 1 heterocycles. The Morgan fingerprint density at radius 2 is 1.90 bits per heavy atom. The van der Waals surface area contributed by atoms with Crippen molar-refractivity contribution in [2.75, 3.05) is 5.32 Å². The molecule has 0 aromatic heterocycles. The molecule has 1 saturated carbocycles. The molecule has 1 aliphatic carbocycles. The Morgan fingerprint density at radius 3 is 2.66 bits per heavy atom. The molecule has 1 atom stereocenters. The summed E-state index contributed by atoms with van der Waals surface area (Å²) in [6.07, 6.45) is 6.41. The van der Waals surface area contributed by atoms with E-state index in [1.807, 2.05) is 37.3 Å². The molecular weight excluding hydrogens is 384 g/mol. The highest BCUT2D eigenvalue weighted by molar-refractivity contribution is 8.00. The van der Waals surface area contributed by atoms with E-state index < -0.39 is 0 Å². The van der Waals surface area contributed by atoms with E-state index in [-0.39, 0.29) is 17.1 Å². The van der Waals surface area contributed by atoms with Crippen LogP contribution in [0.4, 0.5) is 5.69 Å². The van der Waals surface area contributed by atoms with Crippen molar-refractivity contribution in [2.45, 2.75) is 61.8 Å². The summed E-state index contributed by atoms with van der Waals surface area (Å²) in [6.45, 7) is 2.31. The van der Waals surface area contributed by atoms with E-state index in [0.717, 1.165) is 29.1 Å². The first kappa shape index (κ1) is 19.8. The van der Waals surface area contributed by atoms with Crippen molar-refractivity contribution in [1.82, 2.24) is 5.32 Å². The second kappa shape index (κ2) is 8.91. The van der Waals surface area contributed by atoms with Crippen molar-refractivity contribution in [3.8, 4) is 5.75 Å². The number of carbonyl (C=O) groups is 2. The smallest absolute Gasteiger partial charge is 0.251 e. The zero-order valence-corrected chi connectivity index (χ0v) is 17.4. The number of amides is 2. The third-order valence-electron chi connectivity index (χ3n) is 5.40. The van der Waals surface area contributed by atoms with Crippen LogP contribution >= 0.6 is 11.8 Å². The molecule has 2 aromatic rings. The number of hydrogen-bond acceptors (Lipinski definition) is 4. The van der Waals surface area contributed by atoms with Gasteiger partial charge in [0.05, 0.1) is 17.0 Å². The first-order chi connectivity index (χ1) is 14.1. The van der Waals surface area contributed by atoms with Gasteiger partial charge in [0.1, 0.15) is 5.75 Å². The minimum Gasteiger partial charge on any atom is -0.490 e. The van der Waals surface area contributed by atoms with Crippen molar-refractivity contribution in [3.63, 3.8) is 0 Å². The average molecular weight is 411 g/mol. The van der Waals surface area contributed by atoms with Gasteiger partial charge in [0.15, 0.2) is 0 Å². The third kappa shape index (κ3) is 4.93. The Labute approximate surface area is 175 Å². The van der Waals surface area contributed by atoms with Crippen LogP contribution in [-0.2, 0) is 11.3 Å². The largest absolute Gasteiger partial charge is 0.490 e. The molecular formula is C23H26N2O3S. The lowest BCUT2D eigenvalue weighted by atomic mass is 9.98. The molecule has 152 valence electrons. The fraction of sp³-hybridized carbons (Fsp3) is 0.391. The minimum atomic E-state index is -0.159. The van der Waals surface area contributed by atoms with Crippen molar-refractivity contribution in [1.29, 1.82) is 0 Å². The highest BCUT2D eigenvalue weighted by Crippen LogP contribution is 2.35. The summed E-state index contributed by atoms with van der Waals surface area (Å²) in [7, 11) is 0. The molecule has 1 aliphatic heterocycles. The lowest BCUT2D eigenvalue weighted by Gasteiger charge is -2.23. The summed E-state index contributed by atoms with van der Waals surface area (Å²) in [5, 5.41) is 5.69. The molecule has 5 nitrogen and oxygen atoms in total. The van der Waals surface area contributed by atoms with E-state index >= 15 is 0 Å². The van der Waals surface area contributed by atoms with Crippen LogP contribution < -0.4 is 15.4 Å². The van der Waals surface area contributed by atoms with Gasteiger partial charge in [-0.3, -0.25) is 9.59 Å². The Bertz CT molecular complexity index is 891. The SMILES string of the molecule is CC1Sc2ccc(C(=O)NCc3ccc(OC4CCCCC4)cc3)cc2NC1=O. The summed E-state index contributed by atoms with van der Waals surface area (Å²) in [5.74, 6) is 0.702. The Morgan fingerprint density at radius 1 is 1.14 bits per heavy atom. The average Bonchev–Trinajstić information content (AvgIpc) is 2.74. The third-order valence-corrected chi connectivity index (χ3v) is 6.58. The highest BCUT2D eigenvalue weighted by atomic mass is 32.2.